The fourth-order valence-corrected chi connectivity index (χ4v) is 5.15. The third-order valence-corrected chi connectivity index (χ3v) is 7.53. The van der Waals surface area contributed by atoms with Crippen molar-refractivity contribution < 1.29 is 32.2 Å². The summed E-state index contributed by atoms with van der Waals surface area (Å²) in [6, 6.07) is 16.8. The van der Waals surface area contributed by atoms with Crippen LogP contribution in [0.3, 0.4) is 0 Å². The Balaban J connectivity index is 1.54. The van der Waals surface area contributed by atoms with E-state index in [9.17, 15) is 18.0 Å². The van der Waals surface area contributed by atoms with Crippen LogP contribution in [0.4, 0.5) is 5.69 Å². The van der Waals surface area contributed by atoms with E-state index in [4.69, 9.17) is 21.1 Å². The molecule has 1 fully saturated rings. The molecule has 0 saturated carbocycles. The van der Waals surface area contributed by atoms with Gasteiger partial charge in [-0.2, -0.15) is 4.31 Å². The summed E-state index contributed by atoms with van der Waals surface area (Å²) in [5.41, 5.74) is 0.796. The smallest absolute Gasteiger partial charge is 0.337 e. The second-order valence-corrected chi connectivity index (χ2v) is 10.1. The number of carbonyl (C=O) groups excluding carboxylic acids is 2. The molecule has 1 N–H and O–H groups in total. The zero-order valence-electron chi connectivity index (χ0n) is 19.3. The number of methoxy groups -OCH3 is 1. The van der Waals surface area contributed by atoms with Crippen LogP contribution in [0.25, 0.3) is 0 Å². The predicted molar refractivity (Wildman–Crippen MR) is 133 cm³/mol. The molecule has 1 heterocycles. The highest BCUT2D eigenvalue weighted by molar-refractivity contribution is 7.89. The Morgan fingerprint density at radius 2 is 1.69 bits per heavy atom. The first kappa shape index (κ1) is 25.6. The molecule has 9 nitrogen and oxygen atoms in total. The maximum atomic E-state index is 13.0. The normalized spacial score (nSPS) is 14.2. The lowest BCUT2D eigenvalue weighted by Gasteiger charge is -2.26. The van der Waals surface area contributed by atoms with Crippen molar-refractivity contribution in [2.24, 2.45) is 0 Å². The summed E-state index contributed by atoms with van der Waals surface area (Å²) in [4.78, 5) is 24.7. The molecule has 1 saturated heterocycles. The Morgan fingerprint density at radius 1 is 0.972 bits per heavy atom. The zero-order valence-corrected chi connectivity index (χ0v) is 20.8. The number of rotatable bonds is 7. The number of hydrogen-bond acceptors (Lipinski definition) is 7. The zero-order chi connectivity index (χ0) is 25.7. The summed E-state index contributed by atoms with van der Waals surface area (Å²) in [6.45, 7) is 1.15. The number of sulfonamides is 1. The number of halogens is 1. The number of nitrogens with zero attached hydrogens (tertiary/aromatic N) is 1. The van der Waals surface area contributed by atoms with Gasteiger partial charge in [0.15, 0.2) is 5.75 Å². The van der Waals surface area contributed by atoms with Gasteiger partial charge in [-0.25, -0.2) is 13.2 Å². The van der Waals surface area contributed by atoms with E-state index in [1.165, 1.54) is 41.7 Å². The van der Waals surface area contributed by atoms with Crippen LogP contribution in [0, 0.1) is 0 Å². The molecule has 0 aliphatic carbocycles. The number of amides is 1. The highest BCUT2D eigenvalue weighted by Crippen LogP contribution is 2.33. The van der Waals surface area contributed by atoms with Gasteiger partial charge in [0.05, 0.1) is 36.5 Å². The summed E-state index contributed by atoms with van der Waals surface area (Å²) in [6.07, 6.45) is 0. The third kappa shape index (κ3) is 5.85. The van der Waals surface area contributed by atoms with E-state index in [1.807, 2.05) is 0 Å². The van der Waals surface area contributed by atoms with E-state index < -0.39 is 21.9 Å². The number of ether oxygens (including phenoxy) is 3. The molecule has 0 bridgehead atoms. The summed E-state index contributed by atoms with van der Waals surface area (Å²) in [5.74, 6) is -0.296. The fourth-order valence-electron chi connectivity index (χ4n) is 3.52. The Morgan fingerprint density at radius 3 is 2.39 bits per heavy atom. The van der Waals surface area contributed by atoms with Gasteiger partial charge in [0, 0.05) is 23.7 Å². The quantitative estimate of drug-likeness (QED) is 0.456. The lowest BCUT2D eigenvalue weighted by atomic mass is 10.2. The monoisotopic (exact) mass is 530 g/mol. The molecular weight excluding hydrogens is 508 g/mol. The van der Waals surface area contributed by atoms with Crippen molar-refractivity contribution in [1.82, 2.24) is 4.31 Å². The summed E-state index contributed by atoms with van der Waals surface area (Å²) >= 11 is 6.14. The average molecular weight is 531 g/mol. The molecule has 11 heteroatoms. The minimum atomic E-state index is -3.76. The van der Waals surface area contributed by atoms with Crippen LogP contribution >= 0.6 is 11.6 Å². The average Bonchev–Trinajstić information content (AvgIpc) is 2.90. The molecule has 1 aliphatic rings. The predicted octanol–water partition coefficient (Wildman–Crippen LogP) is 4.19. The van der Waals surface area contributed by atoms with Gasteiger partial charge in [-0.05, 0) is 60.7 Å². The number of esters is 1. The van der Waals surface area contributed by atoms with Crippen LogP contribution in [0.5, 0.6) is 11.5 Å². The van der Waals surface area contributed by atoms with Crippen molar-refractivity contribution in [1.29, 1.82) is 0 Å². The maximum Gasteiger partial charge on any atom is 0.337 e. The number of anilines is 1. The molecule has 1 aliphatic heterocycles. The highest BCUT2D eigenvalue weighted by atomic mass is 35.5. The summed E-state index contributed by atoms with van der Waals surface area (Å²) in [7, 11) is -2.47. The van der Waals surface area contributed by atoms with E-state index >= 15 is 0 Å². The van der Waals surface area contributed by atoms with Crippen molar-refractivity contribution in [2.75, 3.05) is 38.7 Å². The molecule has 1 amide bonds. The molecule has 188 valence electrons. The van der Waals surface area contributed by atoms with Crippen molar-refractivity contribution >= 4 is 39.2 Å². The van der Waals surface area contributed by atoms with Crippen molar-refractivity contribution in [3.63, 3.8) is 0 Å². The number of nitrogens with one attached hydrogen (secondary N) is 1. The van der Waals surface area contributed by atoms with Gasteiger partial charge in [-0.1, -0.05) is 17.7 Å². The van der Waals surface area contributed by atoms with Crippen LogP contribution in [0.15, 0.2) is 71.6 Å². The molecule has 0 radical (unpaired) electrons. The van der Waals surface area contributed by atoms with Gasteiger partial charge in [0.2, 0.25) is 10.0 Å². The Kier molecular flexibility index (Phi) is 7.90. The van der Waals surface area contributed by atoms with E-state index in [2.05, 4.69) is 10.1 Å². The van der Waals surface area contributed by atoms with Crippen molar-refractivity contribution in [3.8, 4) is 11.5 Å². The molecular formula is C25H23ClN2O7S. The minimum absolute atomic E-state index is 0.0188. The van der Waals surface area contributed by atoms with Gasteiger partial charge in [0.1, 0.15) is 5.75 Å². The molecule has 3 aromatic rings. The van der Waals surface area contributed by atoms with Crippen LogP contribution < -0.4 is 10.1 Å². The molecule has 36 heavy (non-hydrogen) atoms. The van der Waals surface area contributed by atoms with Crippen molar-refractivity contribution in [3.05, 3.63) is 82.9 Å². The standard InChI is InChI=1S/C25H23ClN2O7S/c1-33-25(30)17-5-8-20(9-6-17)35-23-10-7-19(26)16-22(23)27-24(29)18-3-2-4-21(15-18)36(31,32)28-11-13-34-14-12-28/h2-10,15-16H,11-14H2,1H3,(H,27,29). The summed E-state index contributed by atoms with van der Waals surface area (Å²) in [5, 5.41) is 3.10. The topological polar surface area (TPSA) is 111 Å². The Bertz CT molecular complexity index is 1370. The Labute approximate surface area is 213 Å². The number of hydrogen-bond donors (Lipinski definition) is 1. The Hall–Kier alpha value is -3.44. The van der Waals surface area contributed by atoms with E-state index in [0.717, 1.165) is 0 Å². The lowest BCUT2D eigenvalue weighted by Crippen LogP contribution is -2.40. The third-order valence-electron chi connectivity index (χ3n) is 5.40. The van der Waals surface area contributed by atoms with E-state index in [1.54, 1.807) is 36.4 Å². The SMILES string of the molecule is COC(=O)c1ccc(Oc2ccc(Cl)cc2NC(=O)c2cccc(S(=O)(=O)N3CCOCC3)c2)cc1. The highest BCUT2D eigenvalue weighted by Gasteiger charge is 2.27. The largest absolute Gasteiger partial charge is 0.465 e. The first-order chi connectivity index (χ1) is 17.3. The summed E-state index contributed by atoms with van der Waals surface area (Å²) < 4.78 is 43.1. The second kappa shape index (κ2) is 11.1. The second-order valence-electron chi connectivity index (χ2n) is 7.76. The van der Waals surface area contributed by atoms with Gasteiger partial charge < -0.3 is 19.5 Å². The molecule has 0 unspecified atom stereocenters. The number of carbonyl (C=O) groups is 2. The van der Waals surface area contributed by atoms with Crippen LogP contribution in [0.1, 0.15) is 20.7 Å². The molecule has 0 aromatic heterocycles. The van der Waals surface area contributed by atoms with Crippen LogP contribution in [-0.2, 0) is 19.5 Å². The molecule has 3 aromatic carbocycles. The minimum Gasteiger partial charge on any atom is -0.465 e. The number of benzene rings is 3. The first-order valence-electron chi connectivity index (χ1n) is 10.9. The molecule has 0 atom stereocenters. The number of morpholine rings is 1. The van der Waals surface area contributed by atoms with Gasteiger partial charge in [-0.3, -0.25) is 4.79 Å². The molecule has 4 rings (SSSR count). The van der Waals surface area contributed by atoms with Gasteiger partial charge >= 0.3 is 5.97 Å². The van der Waals surface area contributed by atoms with E-state index in [-0.39, 0.29) is 29.2 Å². The first-order valence-corrected chi connectivity index (χ1v) is 12.7. The van der Waals surface area contributed by atoms with Gasteiger partial charge in [-0.15, -0.1) is 0 Å². The maximum absolute atomic E-state index is 13.0. The lowest BCUT2D eigenvalue weighted by molar-refractivity contribution is 0.0600. The van der Waals surface area contributed by atoms with Gasteiger partial charge in [0.25, 0.3) is 5.91 Å². The molecule has 0 spiro atoms. The van der Waals surface area contributed by atoms with Crippen molar-refractivity contribution in [2.45, 2.75) is 4.90 Å². The fraction of sp³-hybridized carbons (Fsp3) is 0.200. The van der Waals surface area contributed by atoms with Crippen LogP contribution in [-0.4, -0.2) is 58.0 Å². The van der Waals surface area contributed by atoms with Crippen LogP contribution in [0.2, 0.25) is 5.02 Å². The van der Waals surface area contributed by atoms with E-state index in [0.29, 0.717) is 35.3 Å².